The molecule has 1 aliphatic heterocycles. The Labute approximate surface area is 155 Å². The topological polar surface area (TPSA) is 74.8 Å². The molecule has 1 aromatic rings. The minimum Gasteiger partial charge on any atom is -0.493 e. The molecule has 2 aliphatic rings. The molecule has 1 fully saturated rings. The van der Waals surface area contributed by atoms with Crippen LogP contribution in [-0.2, 0) is 17.6 Å². The van der Waals surface area contributed by atoms with E-state index >= 15 is 0 Å². The molecule has 0 bridgehead atoms. The largest absolute Gasteiger partial charge is 0.493 e. The van der Waals surface area contributed by atoms with Crippen molar-refractivity contribution in [3.8, 4) is 5.75 Å². The fraction of sp³-hybridized carbons (Fsp3) is 0.600. The second kappa shape index (κ2) is 9.46. The van der Waals surface area contributed by atoms with Crippen molar-refractivity contribution in [2.45, 2.75) is 51.0 Å². The number of fused-ring (bicyclic) bond motifs is 1. The Bertz CT molecular complexity index is 639. The van der Waals surface area contributed by atoms with Gasteiger partial charge in [0, 0.05) is 26.1 Å². The lowest BCUT2D eigenvalue weighted by Crippen LogP contribution is -2.46. The number of carbonyl (C=O) groups excluding carboxylic acids is 1. The van der Waals surface area contributed by atoms with E-state index in [0.717, 1.165) is 44.6 Å². The third-order valence-corrected chi connectivity index (χ3v) is 5.07. The SMILES string of the molecule is CN=C(NCCc1ccc2c(c1)CCO2)NCC(=O)NC1CCCCC1. The fourth-order valence-electron chi connectivity index (χ4n) is 3.63. The number of amides is 1. The minimum absolute atomic E-state index is 0.0403. The highest BCUT2D eigenvalue weighted by atomic mass is 16.5. The van der Waals surface area contributed by atoms with Gasteiger partial charge in [0.2, 0.25) is 5.91 Å². The molecule has 26 heavy (non-hydrogen) atoms. The van der Waals surface area contributed by atoms with Crippen molar-refractivity contribution < 1.29 is 9.53 Å². The molecule has 6 heteroatoms. The maximum atomic E-state index is 12.1. The van der Waals surface area contributed by atoms with Gasteiger partial charge < -0.3 is 20.7 Å². The summed E-state index contributed by atoms with van der Waals surface area (Å²) in [7, 11) is 1.72. The predicted molar refractivity (Wildman–Crippen MR) is 104 cm³/mol. The summed E-state index contributed by atoms with van der Waals surface area (Å²) in [6.07, 6.45) is 7.83. The number of hydrogen-bond acceptors (Lipinski definition) is 3. The smallest absolute Gasteiger partial charge is 0.239 e. The molecule has 0 saturated heterocycles. The number of nitrogens with zero attached hydrogens (tertiary/aromatic N) is 1. The number of rotatable bonds is 6. The molecular weight excluding hydrogens is 328 g/mol. The van der Waals surface area contributed by atoms with Crippen LogP contribution >= 0.6 is 0 Å². The highest BCUT2D eigenvalue weighted by Gasteiger charge is 2.15. The molecule has 3 rings (SSSR count). The first-order chi connectivity index (χ1) is 12.7. The van der Waals surface area contributed by atoms with Crippen LogP contribution in [0.3, 0.4) is 0 Å². The number of carbonyl (C=O) groups is 1. The molecular formula is C20H30N4O2. The molecule has 1 aromatic carbocycles. The molecule has 0 radical (unpaired) electrons. The van der Waals surface area contributed by atoms with Crippen LogP contribution < -0.4 is 20.7 Å². The molecule has 3 N–H and O–H groups in total. The van der Waals surface area contributed by atoms with Gasteiger partial charge in [-0.1, -0.05) is 31.4 Å². The van der Waals surface area contributed by atoms with Crippen molar-refractivity contribution >= 4 is 11.9 Å². The van der Waals surface area contributed by atoms with Crippen molar-refractivity contribution in [1.82, 2.24) is 16.0 Å². The zero-order valence-corrected chi connectivity index (χ0v) is 15.6. The first-order valence-electron chi connectivity index (χ1n) is 9.73. The van der Waals surface area contributed by atoms with Crippen LogP contribution in [0.4, 0.5) is 0 Å². The van der Waals surface area contributed by atoms with Gasteiger partial charge in [0.25, 0.3) is 0 Å². The Kier molecular flexibility index (Phi) is 6.75. The van der Waals surface area contributed by atoms with Gasteiger partial charge >= 0.3 is 0 Å². The van der Waals surface area contributed by atoms with Crippen LogP contribution in [0.1, 0.15) is 43.2 Å². The van der Waals surface area contributed by atoms with Crippen LogP contribution in [0, 0.1) is 0 Å². The Balaban J connectivity index is 1.36. The monoisotopic (exact) mass is 358 g/mol. The van der Waals surface area contributed by atoms with Gasteiger partial charge in [0.05, 0.1) is 13.2 Å². The molecule has 1 heterocycles. The van der Waals surface area contributed by atoms with Gasteiger partial charge in [0.1, 0.15) is 5.75 Å². The quantitative estimate of drug-likeness (QED) is 0.535. The lowest BCUT2D eigenvalue weighted by atomic mass is 9.95. The Morgan fingerprint density at radius 3 is 2.88 bits per heavy atom. The molecule has 1 saturated carbocycles. The molecule has 0 spiro atoms. The summed E-state index contributed by atoms with van der Waals surface area (Å²) in [5, 5.41) is 9.47. The van der Waals surface area contributed by atoms with Crippen molar-refractivity contribution in [3.63, 3.8) is 0 Å². The Morgan fingerprint density at radius 2 is 2.08 bits per heavy atom. The van der Waals surface area contributed by atoms with Crippen molar-refractivity contribution in [2.75, 3.05) is 26.7 Å². The fourth-order valence-corrected chi connectivity index (χ4v) is 3.63. The predicted octanol–water partition coefficient (Wildman–Crippen LogP) is 1.78. The molecule has 6 nitrogen and oxygen atoms in total. The van der Waals surface area contributed by atoms with Crippen molar-refractivity contribution in [1.29, 1.82) is 0 Å². The van der Waals surface area contributed by atoms with E-state index in [2.05, 4.69) is 39.1 Å². The lowest BCUT2D eigenvalue weighted by molar-refractivity contribution is -0.120. The third kappa shape index (κ3) is 5.38. The Hall–Kier alpha value is -2.24. The van der Waals surface area contributed by atoms with E-state index in [-0.39, 0.29) is 12.5 Å². The third-order valence-electron chi connectivity index (χ3n) is 5.07. The van der Waals surface area contributed by atoms with Crippen LogP contribution in [0.25, 0.3) is 0 Å². The van der Waals surface area contributed by atoms with E-state index in [4.69, 9.17) is 4.74 Å². The first-order valence-corrected chi connectivity index (χ1v) is 9.73. The normalized spacial score (nSPS) is 17.3. The van der Waals surface area contributed by atoms with Gasteiger partial charge in [-0.2, -0.15) is 0 Å². The molecule has 1 aliphatic carbocycles. The standard InChI is InChI=1S/C20H30N4O2/c1-21-20(23-14-19(25)24-17-5-3-2-4-6-17)22-11-9-15-7-8-18-16(13-15)10-12-26-18/h7-8,13,17H,2-6,9-12,14H2,1H3,(H,24,25)(H2,21,22,23). The summed E-state index contributed by atoms with van der Waals surface area (Å²) in [4.78, 5) is 16.3. The number of nitrogens with one attached hydrogen (secondary N) is 3. The molecule has 0 unspecified atom stereocenters. The highest BCUT2D eigenvalue weighted by Crippen LogP contribution is 2.25. The number of benzene rings is 1. The molecule has 0 aromatic heterocycles. The van der Waals surface area contributed by atoms with Crippen LogP contribution in [-0.4, -0.2) is 44.7 Å². The number of aliphatic imine (C=N–C) groups is 1. The molecule has 0 atom stereocenters. The summed E-state index contributed by atoms with van der Waals surface area (Å²) in [6.45, 7) is 1.81. The maximum Gasteiger partial charge on any atom is 0.239 e. The highest BCUT2D eigenvalue weighted by molar-refractivity contribution is 5.86. The van der Waals surface area contributed by atoms with E-state index in [1.54, 1.807) is 7.05 Å². The van der Waals surface area contributed by atoms with E-state index in [9.17, 15) is 4.79 Å². The van der Waals surface area contributed by atoms with E-state index < -0.39 is 0 Å². The molecule has 1 amide bonds. The van der Waals surface area contributed by atoms with Gasteiger partial charge in [-0.15, -0.1) is 0 Å². The lowest BCUT2D eigenvalue weighted by Gasteiger charge is -2.23. The number of ether oxygens (including phenoxy) is 1. The zero-order valence-electron chi connectivity index (χ0n) is 15.6. The summed E-state index contributed by atoms with van der Waals surface area (Å²) < 4.78 is 5.54. The number of hydrogen-bond donors (Lipinski definition) is 3. The Morgan fingerprint density at radius 1 is 1.23 bits per heavy atom. The van der Waals surface area contributed by atoms with Crippen LogP contribution in [0.2, 0.25) is 0 Å². The van der Waals surface area contributed by atoms with Gasteiger partial charge in [-0.05, 0) is 36.5 Å². The second-order valence-electron chi connectivity index (χ2n) is 7.05. The van der Waals surface area contributed by atoms with E-state index in [0.29, 0.717) is 12.0 Å². The van der Waals surface area contributed by atoms with E-state index in [1.165, 1.54) is 30.4 Å². The van der Waals surface area contributed by atoms with E-state index in [1.807, 2.05) is 0 Å². The average Bonchev–Trinajstić information content (AvgIpc) is 3.13. The first kappa shape index (κ1) is 18.5. The zero-order chi connectivity index (χ0) is 18.2. The minimum atomic E-state index is 0.0403. The number of guanidine groups is 1. The summed E-state index contributed by atoms with van der Waals surface area (Å²) in [6, 6.07) is 6.73. The van der Waals surface area contributed by atoms with Crippen molar-refractivity contribution in [3.05, 3.63) is 29.3 Å². The van der Waals surface area contributed by atoms with Crippen LogP contribution in [0.15, 0.2) is 23.2 Å². The average molecular weight is 358 g/mol. The van der Waals surface area contributed by atoms with Gasteiger partial charge in [-0.25, -0.2) is 0 Å². The maximum absolute atomic E-state index is 12.1. The summed E-state index contributed by atoms with van der Waals surface area (Å²) in [5.41, 5.74) is 2.58. The summed E-state index contributed by atoms with van der Waals surface area (Å²) >= 11 is 0. The van der Waals surface area contributed by atoms with Gasteiger partial charge in [-0.3, -0.25) is 9.79 Å². The van der Waals surface area contributed by atoms with Crippen molar-refractivity contribution in [2.24, 2.45) is 4.99 Å². The summed E-state index contributed by atoms with van der Waals surface area (Å²) in [5.74, 6) is 1.72. The molecule has 142 valence electrons. The second-order valence-corrected chi connectivity index (χ2v) is 7.05. The van der Waals surface area contributed by atoms with Crippen LogP contribution in [0.5, 0.6) is 5.75 Å². The van der Waals surface area contributed by atoms with Gasteiger partial charge in [0.15, 0.2) is 5.96 Å².